The summed E-state index contributed by atoms with van der Waals surface area (Å²) in [6.45, 7) is 4.91. The standard InChI is InChI=1S/C26H25N3S/c30-26(27-25-14-6-10-21-8-2-4-13-24(21)25)29-17-15-28(16-18-29)19-22-11-5-9-20-7-1-3-12-23(20)22/h1-14H,15-19H2,(H,27,30). The first-order valence-electron chi connectivity index (χ1n) is 10.5. The quantitative estimate of drug-likeness (QED) is 0.448. The van der Waals surface area contributed by atoms with Gasteiger partial charge < -0.3 is 10.2 Å². The number of thiocarbonyl (C=S) groups is 1. The van der Waals surface area contributed by atoms with Crippen LogP contribution in [0.5, 0.6) is 0 Å². The van der Waals surface area contributed by atoms with Gasteiger partial charge in [0.1, 0.15) is 0 Å². The monoisotopic (exact) mass is 411 g/mol. The van der Waals surface area contributed by atoms with Gasteiger partial charge >= 0.3 is 0 Å². The van der Waals surface area contributed by atoms with Gasteiger partial charge in [0.25, 0.3) is 0 Å². The summed E-state index contributed by atoms with van der Waals surface area (Å²) in [6.07, 6.45) is 0. The third-order valence-electron chi connectivity index (χ3n) is 5.96. The maximum atomic E-state index is 5.75. The van der Waals surface area contributed by atoms with E-state index in [4.69, 9.17) is 12.2 Å². The zero-order valence-electron chi connectivity index (χ0n) is 16.9. The molecular formula is C26H25N3S. The molecule has 0 unspecified atom stereocenters. The van der Waals surface area contributed by atoms with Gasteiger partial charge in [-0.15, -0.1) is 0 Å². The van der Waals surface area contributed by atoms with Crippen molar-refractivity contribution in [1.82, 2.24) is 9.80 Å². The Morgan fingerprint density at radius 2 is 1.30 bits per heavy atom. The molecule has 4 aromatic rings. The molecule has 150 valence electrons. The lowest BCUT2D eigenvalue weighted by molar-refractivity contribution is 0.177. The van der Waals surface area contributed by atoms with E-state index in [1.54, 1.807) is 0 Å². The maximum absolute atomic E-state index is 5.75. The van der Waals surface area contributed by atoms with Crippen LogP contribution in [0.2, 0.25) is 0 Å². The van der Waals surface area contributed by atoms with Crippen LogP contribution in [0.3, 0.4) is 0 Å². The molecule has 1 heterocycles. The zero-order chi connectivity index (χ0) is 20.3. The number of anilines is 1. The highest BCUT2D eigenvalue weighted by Gasteiger charge is 2.20. The summed E-state index contributed by atoms with van der Waals surface area (Å²) in [5, 5.41) is 9.40. The molecule has 1 N–H and O–H groups in total. The minimum absolute atomic E-state index is 0.816. The minimum Gasteiger partial charge on any atom is -0.346 e. The highest BCUT2D eigenvalue weighted by Crippen LogP contribution is 2.24. The second-order valence-corrected chi connectivity index (χ2v) is 8.25. The van der Waals surface area contributed by atoms with E-state index >= 15 is 0 Å². The summed E-state index contributed by atoms with van der Waals surface area (Å²) in [4.78, 5) is 4.81. The lowest BCUT2D eigenvalue weighted by atomic mass is 10.0. The Bertz CT molecular complexity index is 1180. The number of nitrogens with zero attached hydrogens (tertiary/aromatic N) is 2. The molecule has 0 aliphatic carbocycles. The fourth-order valence-electron chi connectivity index (χ4n) is 4.31. The van der Waals surface area contributed by atoms with Crippen molar-refractivity contribution in [3.05, 3.63) is 90.5 Å². The molecule has 3 nitrogen and oxygen atoms in total. The van der Waals surface area contributed by atoms with Crippen LogP contribution >= 0.6 is 12.2 Å². The van der Waals surface area contributed by atoms with Crippen molar-refractivity contribution in [2.24, 2.45) is 0 Å². The number of piperazine rings is 1. The zero-order valence-corrected chi connectivity index (χ0v) is 17.7. The van der Waals surface area contributed by atoms with Crippen LogP contribution in [0.4, 0.5) is 5.69 Å². The van der Waals surface area contributed by atoms with Gasteiger partial charge in [-0.1, -0.05) is 78.9 Å². The lowest BCUT2D eigenvalue weighted by Gasteiger charge is -2.36. The first-order valence-corrected chi connectivity index (χ1v) is 10.9. The second-order valence-electron chi connectivity index (χ2n) is 7.86. The lowest BCUT2D eigenvalue weighted by Crippen LogP contribution is -2.49. The van der Waals surface area contributed by atoms with E-state index < -0.39 is 0 Å². The van der Waals surface area contributed by atoms with Gasteiger partial charge in [0, 0.05) is 43.8 Å². The van der Waals surface area contributed by atoms with Crippen LogP contribution in [-0.2, 0) is 6.54 Å². The predicted molar refractivity (Wildman–Crippen MR) is 131 cm³/mol. The number of hydrogen-bond donors (Lipinski definition) is 1. The number of hydrogen-bond acceptors (Lipinski definition) is 2. The molecule has 0 atom stereocenters. The number of nitrogens with one attached hydrogen (secondary N) is 1. The molecule has 0 radical (unpaired) electrons. The number of fused-ring (bicyclic) bond motifs is 2. The van der Waals surface area contributed by atoms with Crippen LogP contribution < -0.4 is 5.32 Å². The van der Waals surface area contributed by atoms with Gasteiger partial charge in [-0.25, -0.2) is 0 Å². The Hall–Kier alpha value is -2.95. The molecule has 1 fully saturated rings. The van der Waals surface area contributed by atoms with E-state index in [1.165, 1.54) is 27.1 Å². The van der Waals surface area contributed by atoms with E-state index in [0.29, 0.717) is 0 Å². The van der Waals surface area contributed by atoms with E-state index in [9.17, 15) is 0 Å². The molecule has 0 saturated carbocycles. The summed E-state index contributed by atoms with van der Waals surface area (Å²) in [5.41, 5.74) is 2.48. The molecular weight excluding hydrogens is 386 g/mol. The van der Waals surface area contributed by atoms with Crippen LogP contribution in [0, 0.1) is 0 Å². The normalized spacial score (nSPS) is 14.9. The molecule has 1 aliphatic heterocycles. The smallest absolute Gasteiger partial charge is 0.173 e. The third kappa shape index (κ3) is 3.89. The molecule has 4 aromatic carbocycles. The van der Waals surface area contributed by atoms with Crippen molar-refractivity contribution >= 4 is 44.6 Å². The van der Waals surface area contributed by atoms with Gasteiger partial charge in [-0.2, -0.15) is 0 Å². The summed E-state index contributed by atoms with van der Waals surface area (Å²) < 4.78 is 0. The van der Waals surface area contributed by atoms with Crippen molar-refractivity contribution in [3.8, 4) is 0 Å². The van der Waals surface area contributed by atoms with Crippen molar-refractivity contribution in [1.29, 1.82) is 0 Å². The highest BCUT2D eigenvalue weighted by molar-refractivity contribution is 7.80. The van der Waals surface area contributed by atoms with Crippen molar-refractivity contribution in [3.63, 3.8) is 0 Å². The van der Waals surface area contributed by atoms with Crippen LogP contribution in [-0.4, -0.2) is 41.1 Å². The van der Waals surface area contributed by atoms with Crippen molar-refractivity contribution < 1.29 is 0 Å². The Morgan fingerprint density at radius 3 is 2.07 bits per heavy atom. The largest absolute Gasteiger partial charge is 0.346 e. The molecule has 1 saturated heterocycles. The third-order valence-corrected chi connectivity index (χ3v) is 6.32. The van der Waals surface area contributed by atoms with Gasteiger partial charge in [-0.05, 0) is 40.0 Å². The van der Waals surface area contributed by atoms with Gasteiger partial charge in [0.15, 0.2) is 5.11 Å². The molecule has 4 heteroatoms. The summed E-state index contributed by atoms with van der Waals surface area (Å²) in [6, 6.07) is 30.0. The van der Waals surface area contributed by atoms with Crippen LogP contribution in [0.15, 0.2) is 84.9 Å². The maximum Gasteiger partial charge on any atom is 0.173 e. The minimum atomic E-state index is 0.816. The topological polar surface area (TPSA) is 18.5 Å². The fourth-order valence-corrected chi connectivity index (χ4v) is 4.60. The van der Waals surface area contributed by atoms with E-state index in [2.05, 4.69) is 100 Å². The predicted octanol–water partition coefficient (Wildman–Crippen LogP) is 5.51. The highest BCUT2D eigenvalue weighted by atomic mass is 32.1. The first-order chi connectivity index (χ1) is 14.8. The SMILES string of the molecule is S=C(Nc1cccc2ccccc12)N1CCN(Cc2cccc3ccccc23)CC1. The molecule has 1 aliphatic rings. The molecule has 0 aromatic heterocycles. The summed E-state index contributed by atoms with van der Waals surface area (Å²) >= 11 is 5.75. The average molecular weight is 412 g/mol. The molecule has 30 heavy (non-hydrogen) atoms. The molecule has 0 bridgehead atoms. The number of benzene rings is 4. The van der Waals surface area contributed by atoms with E-state index in [1.807, 2.05) is 0 Å². The van der Waals surface area contributed by atoms with Crippen molar-refractivity contribution in [2.45, 2.75) is 6.54 Å². The molecule has 5 rings (SSSR count). The Kier molecular flexibility index (Phi) is 5.35. The Labute approximate surface area is 182 Å². The van der Waals surface area contributed by atoms with Crippen LogP contribution in [0.25, 0.3) is 21.5 Å². The first kappa shape index (κ1) is 19.0. The van der Waals surface area contributed by atoms with Gasteiger partial charge in [0.2, 0.25) is 0 Å². The van der Waals surface area contributed by atoms with Gasteiger partial charge in [0.05, 0.1) is 0 Å². The Balaban J connectivity index is 1.23. The second kappa shape index (κ2) is 8.42. The van der Waals surface area contributed by atoms with E-state index in [0.717, 1.165) is 43.5 Å². The molecule has 0 amide bonds. The van der Waals surface area contributed by atoms with Crippen molar-refractivity contribution in [2.75, 3.05) is 31.5 Å². The van der Waals surface area contributed by atoms with Gasteiger partial charge in [-0.3, -0.25) is 4.90 Å². The van der Waals surface area contributed by atoms with E-state index in [-0.39, 0.29) is 0 Å². The fraction of sp³-hybridized carbons (Fsp3) is 0.192. The molecule has 0 spiro atoms. The van der Waals surface area contributed by atoms with Crippen LogP contribution in [0.1, 0.15) is 5.56 Å². The summed E-state index contributed by atoms with van der Waals surface area (Å²) in [5.74, 6) is 0. The Morgan fingerprint density at radius 1 is 0.700 bits per heavy atom. The number of rotatable bonds is 3. The summed E-state index contributed by atoms with van der Waals surface area (Å²) in [7, 11) is 0. The average Bonchev–Trinajstić information content (AvgIpc) is 2.80.